The Morgan fingerprint density at radius 3 is 2.61 bits per heavy atom. The Labute approximate surface area is 214 Å². The number of aromatic nitrogens is 1. The van der Waals surface area contributed by atoms with Gasteiger partial charge in [-0.3, -0.25) is 19.2 Å². The number of nitrogens with zero attached hydrogens (tertiary/aromatic N) is 3. The van der Waals surface area contributed by atoms with Crippen LogP contribution < -0.4 is 5.32 Å². The molecule has 1 saturated carbocycles. The van der Waals surface area contributed by atoms with Gasteiger partial charge in [0.15, 0.2) is 5.13 Å². The van der Waals surface area contributed by atoms with E-state index in [0.29, 0.717) is 36.1 Å². The monoisotopic (exact) mass is 512 g/mol. The summed E-state index contributed by atoms with van der Waals surface area (Å²) in [5.41, 5.74) is 2.20. The van der Waals surface area contributed by atoms with Crippen molar-refractivity contribution >= 4 is 40.2 Å². The van der Waals surface area contributed by atoms with Gasteiger partial charge in [-0.25, -0.2) is 4.98 Å². The number of carbonyl (C=O) groups is 4. The maximum atomic E-state index is 13.0. The molecular weight excluding hydrogens is 480 g/mol. The Bertz CT molecular complexity index is 1110. The lowest BCUT2D eigenvalue weighted by Crippen LogP contribution is -2.43. The summed E-state index contributed by atoms with van der Waals surface area (Å²) in [6.45, 7) is 4.98. The molecule has 1 aliphatic heterocycles. The first-order chi connectivity index (χ1) is 17.3. The standard InChI is InChI=1S/C26H32N4O5S/c1-3-35-25(34)19-5-4-12-29(14-19)23(32)13-20-16-36-26(27-20)28-22(31)15-30(21-10-11-21)24(33)18-8-6-17(2)7-9-18/h6-9,16,19,21H,3-5,10-15H2,1-2H3,(H,27,28,31). The van der Waals surface area contributed by atoms with Gasteiger partial charge in [0, 0.05) is 30.1 Å². The van der Waals surface area contributed by atoms with Gasteiger partial charge in [0.1, 0.15) is 6.54 Å². The van der Waals surface area contributed by atoms with Gasteiger partial charge in [-0.2, -0.15) is 0 Å². The summed E-state index contributed by atoms with van der Waals surface area (Å²) in [4.78, 5) is 58.2. The van der Waals surface area contributed by atoms with E-state index in [1.54, 1.807) is 34.2 Å². The molecule has 1 N–H and O–H groups in total. The summed E-state index contributed by atoms with van der Waals surface area (Å²) in [7, 11) is 0. The van der Waals surface area contributed by atoms with Gasteiger partial charge in [-0.05, 0) is 51.7 Å². The molecule has 1 unspecified atom stereocenters. The number of ether oxygens (including phenoxy) is 1. The van der Waals surface area contributed by atoms with Gasteiger partial charge < -0.3 is 19.9 Å². The molecule has 36 heavy (non-hydrogen) atoms. The third kappa shape index (κ3) is 6.69. The highest BCUT2D eigenvalue weighted by Gasteiger charge is 2.34. The van der Waals surface area contributed by atoms with E-state index < -0.39 is 0 Å². The van der Waals surface area contributed by atoms with Crippen LogP contribution in [0.1, 0.15) is 54.2 Å². The van der Waals surface area contributed by atoms with E-state index in [9.17, 15) is 19.2 Å². The first-order valence-electron chi connectivity index (χ1n) is 12.4. The predicted octanol–water partition coefficient (Wildman–Crippen LogP) is 3.04. The summed E-state index contributed by atoms with van der Waals surface area (Å²) in [6, 6.07) is 7.42. The summed E-state index contributed by atoms with van der Waals surface area (Å²) in [6.07, 6.45) is 3.36. The van der Waals surface area contributed by atoms with E-state index in [1.165, 1.54) is 11.3 Å². The smallest absolute Gasteiger partial charge is 0.310 e. The van der Waals surface area contributed by atoms with E-state index in [1.807, 2.05) is 19.1 Å². The number of likely N-dealkylation sites (tertiary alicyclic amines) is 1. The molecule has 1 aromatic carbocycles. The van der Waals surface area contributed by atoms with Crippen LogP contribution in [-0.4, -0.2) is 70.8 Å². The van der Waals surface area contributed by atoms with Gasteiger partial charge in [-0.15, -0.1) is 11.3 Å². The summed E-state index contributed by atoms with van der Waals surface area (Å²) in [5, 5.41) is 4.91. The van der Waals surface area contributed by atoms with Gasteiger partial charge in [-0.1, -0.05) is 17.7 Å². The van der Waals surface area contributed by atoms with Crippen LogP contribution in [0.4, 0.5) is 5.13 Å². The maximum Gasteiger partial charge on any atom is 0.310 e. The van der Waals surface area contributed by atoms with E-state index >= 15 is 0 Å². The highest BCUT2D eigenvalue weighted by molar-refractivity contribution is 7.13. The topological polar surface area (TPSA) is 109 Å². The molecular formula is C26H32N4O5S. The van der Waals surface area contributed by atoms with Crippen LogP contribution in [0.5, 0.6) is 0 Å². The predicted molar refractivity (Wildman–Crippen MR) is 136 cm³/mol. The molecule has 0 radical (unpaired) electrons. The zero-order valence-corrected chi connectivity index (χ0v) is 21.5. The SMILES string of the molecule is CCOC(=O)C1CCCN(C(=O)Cc2csc(NC(=O)CN(C(=O)c3ccc(C)cc3)C3CC3)n2)C1. The van der Waals surface area contributed by atoms with Crippen LogP contribution in [0.3, 0.4) is 0 Å². The summed E-state index contributed by atoms with van der Waals surface area (Å²) < 4.78 is 5.11. The molecule has 4 rings (SSSR count). The third-order valence-electron chi connectivity index (χ3n) is 6.39. The number of piperidine rings is 1. The molecule has 9 nitrogen and oxygen atoms in total. The third-order valence-corrected chi connectivity index (χ3v) is 7.19. The largest absolute Gasteiger partial charge is 0.466 e. The molecule has 1 aromatic heterocycles. The van der Waals surface area contributed by atoms with Gasteiger partial charge in [0.2, 0.25) is 11.8 Å². The first kappa shape index (κ1) is 25.8. The van der Waals surface area contributed by atoms with Crippen molar-refractivity contribution in [3.05, 3.63) is 46.5 Å². The van der Waals surface area contributed by atoms with Crippen molar-refractivity contribution in [2.75, 3.05) is 31.6 Å². The lowest BCUT2D eigenvalue weighted by molar-refractivity contribution is -0.151. The quantitative estimate of drug-likeness (QED) is 0.518. The van der Waals surface area contributed by atoms with Crippen molar-refractivity contribution in [2.45, 2.75) is 52.0 Å². The average molecular weight is 513 g/mol. The van der Waals surface area contributed by atoms with Crippen molar-refractivity contribution in [3.8, 4) is 0 Å². The minimum Gasteiger partial charge on any atom is -0.466 e. The fourth-order valence-electron chi connectivity index (χ4n) is 4.30. The van der Waals surface area contributed by atoms with Crippen molar-refractivity contribution in [3.63, 3.8) is 0 Å². The Kier molecular flexibility index (Phi) is 8.35. The highest BCUT2D eigenvalue weighted by atomic mass is 32.1. The minimum absolute atomic E-state index is 0.0474. The van der Waals surface area contributed by atoms with Gasteiger partial charge >= 0.3 is 5.97 Å². The van der Waals surface area contributed by atoms with E-state index in [-0.39, 0.29) is 48.6 Å². The maximum absolute atomic E-state index is 13.0. The number of rotatable bonds is 9. The highest BCUT2D eigenvalue weighted by Crippen LogP contribution is 2.28. The number of thiazole rings is 1. The van der Waals surface area contributed by atoms with Crippen LogP contribution >= 0.6 is 11.3 Å². The van der Waals surface area contributed by atoms with E-state index in [0.717, 1.165) is 31.2 Å². The van der Waals surface area contributed by atoms with Crippen molar-refractivity contribution < 1.29 is 23.9 Å². The van der Waals surface area contributed by atoms with E-state index in [4.69, 9.17) is 4.74 Å². The molecule has 2 aliphatic rings. The summed E-state index contributed by atoms with van der Waals surface area (Å²) >= 11 is 1.24. The lowest BCUT2D eigenvalue weighted by Gasteiger charge is -2.31. The second-order valence-electron chi connectivity index (χ2n) is 9.33. The molecule has 2 aromatic rings. The normalized spacial score (nSPS) is 17.4. The van der Waals surface area contributed by atoms with Crippen LogP contribution in [0.25, 0.3) is 0 Å². The lowest BCUT2D eigenvalue weighted by atomic mass is 9.98. The molecule has 0 spiro atoms. The fraction of sp³-hybridized carbons (Fsp3) is 0.500. The van der Waals surface area contributed by atoms with Crippen LogP contribution in [0.2, 0.25) is 0 Å². The van der Waals surface area contributed by atoms with Crippen molar-refractivity contribution in [2.24, 2.45) is 5.92 Å². The number of hydrogen-bond donors (Lipinski definition) is 1. The number of hydrogen-bond acceptors (Lipinski definition) is 7. The number of carbonyl (C=O) groups excluding carboxylic acids is 4. The number of anilines is 1. The number of benzene rings is 1. The molecule has 1 saturated heterocycles. The number of nitrogens with one attached hydrogen (secondary N) is 1. The average Bonchev–Trinajstić information content (AvgIpc) is 3.63. The molecule has 1 atom stereocenters. The van der Waals surface area contributed by atoms with Crippen LogP contribution in [-0.2, 0) is 25.5 Å². The first-order valence-corrected chi connectivity index (χ1v) is 13.3. The zero-order chi connectivity index (χ0) is 25.7. The molecule has 10 heteroatoms. The van der Waals surface area contributed by atoms with Gasteiger partial charge in [0.25, 0.3) is 5.91 Å². The molecule has 2 heterocycles. The van der Waals surface area contributed by atoms with E-state index in [2.05, 4.69) is 10.3 Å². The molecule has 192 valence electrons. The van der Waals surface area contributed by atoms with Crippen LogP contribution in [0.15, 0.2) is 29.6 Å². The van der Waals surface area contributed by atoms with Crippen LogP contribution in [0, 0.1) is 12.8 Å². The number of aryl methyl sites for hydroxylation is 1. The molecule has 0 bridgehead atoms. The zero-order valence-electron chi connectivity index (χ0n) is 20.7. The Hall–Kier alpha value is -3.27. The molecule has 1 aliphatic carbocycles. The second kappa shape index (κ2) is 11.6. The molecule has 3 amide bonds. The minimum atomic E-state index is -0.317. The second-order valence-corrected chi connectivity index (χ2v) is 10.2. The Morgan fingerprint density at radius 2 is 1.92 bits per heavy atom. The van der Waals surface area contributed by atoms with Crippen molar-refractivity contribution in [1.29, 1.82) is 0 Å². The Morgan fingerprint density at radius 1 is 1.17 bits per heavy atom. The fourth-order valence-corrected chi connectivity index (χ4v) is 5.02. The molecule has 2 fully saturated rings. The summed E-state index contributed by atoms with van der Waals surface area (Å²) in [5.74, 6) is -1.11. The van der Waals surface area contributed by atoms with Gasteiger partial charge in [0.05, 0.1) is 24.6 Å². The number of amides is 3. The Balaban J connectivity index is 1.30. The number of esters is 1. The van der Waals surface area contributed by atoms with Crippen molar-refractivity contribution in [1.82, 2.24) is 14.8 Å².